The molecule has 92 valence electrons. The summed E-state index contributed by atoms with van der Waals surface area (Å²) in [6, 6.07) is 2.02. The third-order valence-electron chi connectivity index (χ3n) is 4.57. The predicted molar refractivity (Wildman–Crippen MR) is 71.2 cm³/mol. The van der Waals surface area contributed by atoms with Crippen LogP contribution in [-0.4, -0.2) is 11.1 Å². The number of carboxylic acid groups (broad SMARTS) is 1. The summed E-state index contributed by atoms with van der Waals surface area (Å²) in [4.78, 5) is 12.9. The Bertz CT molecular complexity index is 456. The molecule has 1 aromatic rings. The highest BCUT2D eigenvalue weighted by atomic mass is 79.9. The van der Waals surface area contributed by atoms with Crippen LogP contribution >= 0.6 is 27.3 Å². The van der Waals surface area contributed by atoms with Crippen LogP contribution in [-0.2, 0) is 11.2 Å². The van der Waals surface area contributed by atoms with Gasteiger partial charge in [0.15, 0.2) is 0 Å². The maximum Gasteiger partial charge on any atom is 0.310 e. The quantitative estimate of drug-likeness (QED) is 0.917. The molecule has 1 aromatic heterocycles. The number of hydrogen-bond acceptors (Lipinski definition) is 2. The monoisotopic (exact) mass is 314 g/mol. The molecule has 2 aliphatic carbocycles. The van der Waals surface area contributed by atoms with Gasteiger partial charge in [-0.25, -0.2) is 0 Å². The average molecular weight is 315 g/mol. The molecule has 3 rings (SSSR count). The Hall–Kier alpha value is -0.350. The standard InChI is InChI=1S/C13H15BrO2S/c14-10-3-4-17-11(10)7-13(12(15)16)6-8-1-2-9(13)5-8/h3-4,8-9H,1-2,5-7H2,(H,15,16). The maximum absolute atomic E-state index is 11.7. The summed E-state index contributed by atoms with van der Waals surface area (Å²) < 4.78 is 1.07. The Morgan fingerprint density at radius 1 is 1.59 bits per heavy atom. The van der Waals surface area contributed by atoms with Gasteiger partial charge in [-0.2, -0.15) is 0 Å². The van der Waals surface area contributed by atoms with Crippen molar-refractivity contribution in [2.75, 3.05) is 0 Å². The van der Waals surface area contributed by atoms with E-state index in [-0.39, 0.29) is 0 Å². The van der Waals surface area contributed by atoms with E-state index in [1.807, 2.05) is 11.4 Å². The van der Waals surface area contributed by atoms with Crippen LogP contribution in [0.2, 0.25) is 0 Å². The van der Waals surface area contributed by atoms with Crippen LogP contribution in [0.1, 0.15) is 30.6 Å². The molecule has 0 spiro atoms. The van der Waals surface area contributed by atoms with Gasteiger partial charge < -0.3 is 5.11 Å². The van der Waals surface area contributed by atoms with Crippen LogP contribution < -0.4 is 0 Å². The number of aliphatic carboxylic acids is 1. The highest BCUT2D eigenvalue weighted by Crippen LogP contribution is 2.58. The van der Waals surface area contributed by atoms with E-state index in [9.17, 15) is 9.90 Å². The van der Waals surface area contributed by atoms with Gasteiger partial charge in [0.1, 0.15) is 0 Å². The Labute approximate surface area is 113 Å². The van der Waals surface area contributed by atoms with Crippen molar-refractivity contribution in [2.24, 2.45) is 17.3 Å². The topological polar surface area (TPSA) is 37.3 Å². The summed E-state index contributed by atoms with van der Waals surface area (Å²) in [5, 5.41) is 11.7. The molecule has 17 heavy (non-hydrogen) atoms. The van der Waals surface area contributed by atoms with E-state index < -0.39 is 11.4 Å². The molecule has 2 bridgehead atoms. The summed E-state index contributed by atoms with van der Waals surface area (Å²) in [6.07, 6.45) is 5.08. The van der Waals surface area contributed by atoms with Gasteiger partial charge in [0.05, 0.1) is 5.41 Å². The number of fused-ring (bicyclic) bond motifs is 2. The van der Waals surface area contributed by atoms with Gasteiger partial charge in [0, 0.05) is 9.35 Å². The van der Waals surface area contributed by atoms with Crippen molar-refractivity contribution in [1.82, 2.24) is 0 Å². The van der Waals surface area contributed by atoms with E-state index in [1.165, 1.54) is 11.3 Å². The summed E-state index contributed by atoms with van der Waals surface area (Å²) in [5.41, 5.74) is -0.476. The first-order chi connectivity index (χ1) is 8.12. The molecule has 4 heteroatoms. The Kier molecular flexibility index (Phi) is 2.82. The third kappa shape index (κ3) is 1.76. The number of carbonyl (C=O) groups is 1. The minimum Gasteiger partial charge on any atom is -0.481 e. The van der Waals surface area contributed by atoms with E-state index in [4.69, 9.17) is 0 Å². The van der Waals surface area contributed by atoms with Crippen LogP contribution in [0.25, 0.3) is 0 Å². The summed E-state index contributed by atoms with van der Waals surface area (Å²) in [7, 11) is 0. The van der Waals surface area contributed by atoms with Crippen molar-refractivity contribution in [3.05, 3.63) is 20.8 Å². The molecule has 2 nitrogen and oxygen atoms in total. The highest BCUT2D eigenvalue weighted by Gasteiger charge is 2.55. The van der Waals surface area contributed by atoms with Crippen molar-refractivity contribution < 1.29 is 9.90 Å². The van der Waals surface area contributed by atoms with Crippen LogP contribution in [0.15, 0.2) is 15.9 Å². The van der Waals surface area contributed by atoms with E-state index in [0.29, 0.717) is 18.3 Å². The van der Waals surface area contributed by atoms with E-state index >= 15 is 0 Å². The Morgan fingerprint density at radius 3 is 2.88 bits per heavy atom. The van der Waals surface area contributed by atoms with Crippen molar-refractivity contribution in [2.45, 2.75) is 32.1 Å². The predicted octanol–water partition coefficient (Wildman–Crippen LogP) is 3.94. The van der Waals surface area contributed by atoms with Crippen LogP contribution in [0, 0.1) is 17.3 Å². The number of hydrogen-bond donors (Lipinski definition) is 1. The van der Waals surface area contributed by atoms with Crippen LogP contribution in [0.4, 0.5) is 0 Å². The summed E-state index contributed by atoms with van der Waals surface area (Å²) >= 11 is 5.19. The lowest BCUT2D eigenvalue weighted by Crippen LogP contribution is -2.38. The normalized spacial score (nSPS) is 35.4. The number of thiophene rings is 1. The fourth-order valence-electron chi connectivity index (χ4n) is 3.74. The lowest BCUT2D eigenvalue weighted by molar-refractivity contribution is -0.152. The molecule has 1 heterocycles. The molecule has 0 aliphatic heterocycles. The molecule has 0 radical (unpaired) electrons. The largest absolute Gasteiger partial charge is 0.481 e. The van der Waals surface area contributed by atoms with E-state index in [0.717, 1.165) is 23.7 Å². The smallest absolute Gasteiger partial charge is 0.310 e. The highest BCUT2D eigenvalue weighted by molar-refractivity contribution is 9.10. The molecule has 2 saturated carbocycles. The lowest BCUT2D eigenvalue weighted by Gasteiger charge is -2.33. The molecule has 0 amide bonds. The zero-order valence-corrected chi connectivity index (χ0v) is 11.9. The fraction of sp³-hybridized carbons (Fsp3) is 0.615. The van der Waals surface area contributed by atoms with Crippen molar-refractivity contribution in [3.8, 4) is 0 Å². The molecule has 1 N–H and O–H groups in total. The number of carboxylic acids is 1. The minimum atomic E-state index is -0.579. The van der Waals surface area contributed by atoms with Crippen molar-refractivity contribution in [3.63, 3.8) is 0 Å². The number of rotatable bonds is 3. The first-order valence-electron chi connectivity index (χ1n) is 6.07. The zero-order chi connectivity index (χ0) is 12.0. The van der Waals surface area contributed by atoms with Gasteiger partial charge in [-0.1, -0.05) is 6.42 Å². The first kappa shape index (κ1) is 11.7. The SMILES string of the molecule is O=C(O)C1(Cc2sccc2Br)CC2CCC1C2. The van der Waals surface area contributed by atoms with Gasteiger partial charge in [-0.15, -0.1) is 11.3 Å². The molecular formula is C13H15BrO2S. The Morgan fingerprint density at radius 2 is 2.41 bits per heavy atom. The Balaban J connectivity index is 1.92. The van der Waals surface area contributed by atoms with E-state index in [2.05, 4.69) is 15.9 Å². The van der Waals surface area contributed by atoms with Gasteiger partial charge in [0.25, 0.3) is 0 Å². The maximum atomic E-state index is 11.7. The summed E-state index contributed by atoms with van der Waals surface area (Å²) in [6.45, 7) is 0. The molecule has 3 atom stereocenters. The number of halogens is 1. The van der Waals surface area contributed by atoms with Crippen LogP contribution in [0.3, 0.4) is 0 Å². The second-order valence-corrected chi connectivity index (χ2v) is 7.26. The fourth-order valence-corrected chi connectivity index (χ4v) is 5.35. The van der Waals surface area contributed by atoms with E-state index in [1.54, 1.807) is 11.3 Å². The first-order valence-corrected chi connectivity index (χ1v) is 7.74. The minimum absolute atomic E-state index is 0.402. The second-order valence-electron chi connectivity index (χ2n) is 5.41. The van der Waals surface area contributed by atoms with Gasteiger partial charge in [0.2, 0.25) is 0 Å². The van der Waals surface area contributed by atoms with Crippen molar-refractivity contribution >= 4 is 33.2 Å². The van der Waals surface area contributed by atoms with Gasteiger partial charge in [-0.3, -0.25) is 4.79 Å². The molecule has 0 aromatic carbocycles. The molecule has 2 fully saturated rings. The average Bonchev–Trinajstić information content (AvgIpc) is 2.96. The van der Waals surface area contributed by atoms with Crippen LogP contribution in [0.5, 0.6) is 0 Å². The van der Waals surface area contributed by atoms with Crippen molar-refractivity contribution in [1.29, 1.82) is 0 Å². The molecule has 3 unspecified atom stereocenters. The summed E-state index contributed by atoms with van der Waals surface area (Å²) in [5.74, 6) is 0.485. The van der Waals surface area contributed by atoms with Gasteiger partial charge in [-0.05, 0) is 64.9 Å². The third-order valence-corrected chi connectivity index (χ3v) is 6.49. The molecule has 2 aliphatic rings. The molecular weight excluding hydrogens is 300 g/mol. The molecule has 0 saturated heterocycles. The lowest BCUT2D eigenvalue weighted by atomic mass is 9.70. The van der Waals surface area contributed by atoms with Gasteiger partial charge >= 0.3 is 5.97 Å². The zero-order valence-electron chi connectivity index (χ0n) is 9.49. The second kappa shape index (κ2) is 4.09.